The van der Waals surface area contributed by atoms with Crippen molar-refractivity contribution in [2.24, 2.45) is 5.92 Å². The van der Waals surface area contributed by atoms with Gasteiger partial charge in [0.1, 0.15) is 0 Å². The lowest BCUT2D eigenvalue weighted by atomic mass is 9.98. The SMILES string of the molecule is CC(Cc1ccc(Cl)cc1Cl)C(=O)N1CCNCC1C.Cl. The molecule has 1 aliphatic rings. The lowest BCUT2D eigenvalue weighted by Gasteiger charge is -2.35. The standard InChI is InChI=1S/C15H20Cl2N2O.ClH/c1-10(7-12-3-4-13(16)8-14(12)17)15(20)19-6-5-18-9-11(19)2;/h3-4,8,10-11,18H,5-7,9H2,1-2H3;1H. The Morgan fingerprint density at radius 2 is 2.19 bits per heavy atom. The van der Waals surface area contributed by atoms with E-state index in [1.54, 1.807) is 6.07 Å². The molecule has 2 unspecified atom stereocenters. The Morgan fingerprint density at radius 1 is 1.48 bits per heavy atom. The van der Waals surface area contributed by atoms with E-state index in [-0.39, 0.29) is 30.3 Å². The molecule has 6 heteroatoms. The van der Waals surface area contributed by atoms with Crippen molar-refractivity contribution in [1.82, 2.24) is 10.2 Å². The second-order valence-electron chi connectivity index (χ2n) is 5.43. The third-order valence-electron chi connectivity index (χ3n) is 3.75. The number of hydrogen-bond acceptors (Lipinski definition) is 2. The van der Waals surface area contributed by atoms with Gasteiger partial charge in [-0.3, -0.25) is 4.79 Å². The van der Waals surface area contributed by atoms with Crippen LogP contribution in [0.25, 0.3) is 0 Å². The van der Waals surface area contributed by atoms with Gasteiger partial charge in [0.05, 0.1) is 0 Å². The molecule has 0 radical (unpaired) electrons. The molecule has 1 aromatic carbocycles. The lowest BCUT2D eigenvalue weighted by Crippen LogP contribution is -2.53. The minimum absolute atomic E-state index is 0. The highest BCUT2D eigenvalue weighted by Gasteiger charge is 2.27. The van der Waals surface area contributed by atoms with Crippen LogP contribution in [0.5, 0.6) is 0 Å². The Bertz CT molecular complexity index is 496. The first-order chi connectivity index (χ1) is 9.49. The van der Waals surface area contributed by atoms with Crippen LogP contribution in [0.2, 0.25) is 10.0 Å². The maximum absolute atomic E-state index is 12.5. The van der Waals surface area contributed by atoms with Crippen molar-refractivity contribution < 1.29 is 4.79 Å². The van der Waals surface area contributed by atoms with E-state index in [4.69, 9.17) is 23.2 Å². The van der Waals surface area contributed by atoms with Crippen molar-refractivity contribution >= 4 is 41.5 Å². The van der Waals surface area contributed by atoms with E-state index in [2.05, 4.69) is 12.2 Å². The zero-order valence-electron chi connectivity index (χ0n) is 12.2. The van der Waals surface area contributed by atoms with E-state index < -0.39 is 0 Å². The highest BCUT2D eigenvalue weighted by Crippen LogP contribution is 2.24. The normalized spacial score (nSPS) is 19.8. The van der Waals surface area contributed by atoms with Crippen molar-refractivity contribution in [1.29, 1.82) is 0 Å². The first kappa shape index (κ1) is 18.6. The zero-order chi connectivity index (χ0) is 14.7. The molecule has 2 atom stereocenters. The van der Waals surface area contributed by atoms with Crippen molar-refractivity contribution in [3.8, 4) is 0 Å². The summed E-state index contributed by atoms with van der Waals surface area (Å²) in [5.41, 5.74) is 0.972. The van der Waals surface area contributed by atoms with Crippen molar-refractivity contribution in [3.05, 3.63) is 33.8 Å². The molecule has 0 spiro atoms. The number of nitrogens with one attached hydrogen (secondary N) is 1. The fourth-order valence-electron chi connectivity index (χ4n) is 2.56. The van der Waals surface area contributed by atoms with Gasteiger partial charge in [-0.05, 0) is 31.0 Å². The van der Waals surface area contributed by atoms with E-state index in [9.17, 15) is 4.79 Å². The van der Waals surface area contributed by atoms with Crippen LogP contribution >= 0.6 is 35.6 Å². The second-order valence-corrected chi connectivity index (χ2v) is 6.27. The predicted octanol–water partition coefficient (Wildman–Crippen LogP) is 3.41. The molecule has 1 amide bonds. The number of halogens is 3. The molecule has 118 valence electrons. The van der Waals surface area contributed by atoms with E-state index in [0.29, 0.717) is 16.5 Å². The smallest absolute Gasteiger partial charge is 0.226 e. The first-order valence-corrected chi connectivity index (χ1v) is 7.69. The summed E-state index contributed by atoms with van der Waals surface area (Å²) in [5, 5.41) is 4.54. The summed E-state index contributed by atoms with van der Waals surface area (Å²) in [6, 6.07) is 5.69. The van der Waals surface area contributed by atoms with Gasteiger partial charge in [-0.2, -0.15) is 0 Å². The van der Waals surface area contributed by atoms with Crippen LogP contribution in [0.1, 0.15) is 19.4 Å². The fraction of sp³-hybridized carbons (Fsp3) is 0.533. The van der Waals surface area contributed by atoms with Gasteiger partial charge in [-0.25, -0.2) is 0 Å². The Morgan fingerprint density at radius 3 is 2.81 bits per heavy atom. The number of benzene rings is 1. The Labute approximate surface area is 142 Å². The van der Waals surface area contributed by atoms with Crippen LogP contribution in [0.15, 0.2) is 18.2 Å². The number of carbonyl (C=O) groups excluding carboxylic acids is 1. The lowest BCUT2D eigenvalue weighted by molar-refractivity contribution is -0.137. The molecule has 0 aliphatic carbocycles. The summed E-state index contributed by atoms with van der Waals surface area (Å²) < 4.78 is 0. The van der Waals surface area contributed by atoms with Crippen molar-refractivity contribution in [3.63, 3.8) is 0 Å². The molecule has 2 rings (SSSR count). The molecule has 21 heavy (non-hydrogen) atoms. The summed E-state index contributed by atoms with van der Waals surface area (Å²) >= 11 is 12.1. The Hall–Kier alpha value is -0.480. The van der Waals surface area contributed by atoms with Gasteiger partial charge in [-0.1, -0.05) is 36.2 Å². The van der Waals surface area contributed by atoms with Gasteiger partial charge in [0.25, 0.3) is 0 Å². The van der Waals surface area contributed by atoms with Crippen LogP contribution in [0, 0.1) is 5.92 Å². The Balaban J connectivity index is 0.00000220. The van der Waals surface area contributed by atoms with Crippen LogP contribution in [-0.2, 0) is 11.2 Å². The third kappa shape index (κ3) is 4.75. The highest BCUT2D eigenvalue weighted by atomic mass is 35.5. The molecule has 1 fully saturated rings. The first-order valence-electron chi connectivity index (χ1n) is 6.94. The number of hydrogen-bond donors (Lipinski definition) is 1. The van der Waals surface area contributed by atoms with E-state index >= 15 is 0 Å². The van der Waals surface area contributed by atoms with Gasteiger partial charge in [-0.15, -0.1) is 12.4 Å². The molecule has 1 aliphatic heterocycles. The largest absolute Gasteiger partial charge is 0.337 e. The number of carbonyl (C=O) groups is 1. The van der Waals surface area contributed by atoms with Gasteiger partial charge in [0.2, 0.25) is 5.91 Å². The average Bonchev–Trinajstić information content (AvgIpc) is 2.41. The summed E-state index contributed by atoms with van der Waals surface area (Å²) in [7, 11) is 0. The molecular weight excluding hydrogens is 331 g/mol. The number of nitrogens with zero attached hydrogens (tertiary/aromatic N) is 1. The summed E-state index contributed by atoms with van der Waals surface area (Å²) in [6.45, 7) is 6.54. The van der Waals surface area contributed by atoms with E-state index in [0.717, 1.165) is 25.2 Å². The average molecular weight is 352 g/mol. The molecular formula is C15H21Cl3N2O. The van der Waals surface area contributed by atoms with Gasteiger partial charge < -0.3 is 10.2 Å². The molecule has 1 aromatic rings. The third-order valence-corrected chi connectivity index (χ3v) is 4.33. The van der Waals surface area contributed by atoms with Crippen molar-refractivity contribution in [2.75, 3.05) is 19.6 Å². The molecule has 3 nitrogen and oxygen atoms in total. The fourth-order valence-corrected chi connectivity index (χ4v) is 3.04. The topological polar surface area (TPSA) is 32.3 Å². The van der Waals surface area contributed by atoms with Crippen LogP contribution in [-0.4, -0.2) is 36.5 Å². The minimum atomic E-state index is -0.0748. The maximum Gasteiger partial charge on any atom is 0.226 e. The van der Waals surface area contributed by atoms with E-state index in [1.807, 2.05) is 24.0 Å². The Kier molecular flexibility index (Phi) is 7.28. The van der Waals surface area contributed by atoms with Crippen molar-refractivity contribution in [2.45, 2.75) is 26.3 Å². The second kappa shape index (κ2) is 8.23. The number of piperazine rings is 1. The molecule has 1 N–H and O–H groups in total. The van der Waals surface area contributed by atoms with Crippen LogP contribution in [0.4, 0.5) is 0 Å². The molecule has 0 bridgehead atoms. The molecule has 0 aromatic heterocycles. The number of amides is 1. The van der Waals surface area contributed by atoms with Gasteiger partial charge >= 0.3 is 0 Å². The maximum atomic E-state index is 12.5. The monoisotopic (exact) mass is 350 g/mol. The quantitative estimate of drug-likeness (QED) is 0.905. The van der Waals surface area contributed by atoms with Crippen LogP contribution in [0.3, 0.4) is 0 Å². The molecule has 0 saturated carbocycles. The predicted molar refractivity (Wildman–Crippen MR) is 90.6 cm³/mol. The number of rotatable bonds is 3. The van der Waals surface area contributed by atoms with Gasteiger partial charge in [0, 0.05) is 41.6 Å². The molecule has 1 heterocycles. The molecule has 1 saturated heterocycles. The van der Waals surface area contributed by atoms with Crippen LogP contribution < -0.4 is 5.32 Å². The summed E-state index contributed by atoms with van der Waals surface area (Å²) in [4.78, 5) is 14.5. The van der Waals surface area contributed by atoms with Gasteiger partial charge in [0.15, 0.2) is 0 Å². The van der Waals surface area contributed by atoms with E-state index in [1.165, 1.54) is 0 Å². The zero-order valence-corrected chi connectivity index (χ0v) is 14.6. The highest BCUT2D eigenvalue weighted by molar-refractivity contribution is 6.35. The summed E-state index contributed by atoms with van der Waals surface area (Å²) in [5.74, 6) is 0.124. The summed E-state index contributed by atoms with van der Waals surface area (Å²) in [6.07, 6.45) is 0.644. The minimum Gasteiger partial charge on any atom is -0.337 e.